The summed E-state index contributed by atoms with van der Waals surface area (Å²) in [7, 11) is 0. The molecule has 1 aliphatic heterocycles. The van der Waals surface area contributed by atoms with Crippen LogP contribution < -0.4 is 5.32 Å². The molecule has 0 saturated carbocycles. The van der Waals surface area contributed by atoms with Gasteiger partial charge in [-0.15, -0.1) is 0 Å². The average molecular weight is 240 g/mol. The zero-order chi connectivity index (χ0) is 12.7. The maximum Gasteiger partial charge on any atom is 0.00915 e. The van der Waals surface area contributed by atoms with Crippen LogP contribution in [0.5, 0.6) is 0 Å². The van der Waals surface area contributed by atoms with Gasteiger partial charge in [-0.25, -0.2) is 0 Å². The highest BCUT2D eigenvalue weighted by molar-refractivity contribution is 4.78. The lowest BCUT2D eigenvalue weighted by Crippen LogP contribution is -2.44. The predicted octanol–water partition coefficient (Wildman–Crippen LogP) is 3.13. The molecular formula is C15H32N2. The van der Waals surface area contributed by atoms with E-state index in [1.807, 2.05) is 0 Å². The van der Waals surface area contributed by atoms with Crippen molar-refractivity contribution in [3.05, 3.63) is 0 Å². The Kier molecular flexibility index (Phi) is 7.14. The Morgan fingerprint density at radius 3 is 2.18 bits per heavy atom. The van der Waals surface area contributed by atoms with E-state index in [-0.39, 0.29) is 0 Å². The molecule has 102 valence electrons. The third kappa shape index (κ3) is 5.87. The van der Waals surface area contributed by atoms with Gasteiger partial charge in [-0.3, -0.25) is 0 Å². The Balaban J connectivity index is 2.14. The van der Waals surface area contributed by atoms with Crippen molar-refractivity contribution in [2.75, 3.05) is 26.2 Å². The molecule has 17 heavy (non-hydrogen) atoms. The Labute approximate surface area is 108 Å². The summed E-state index contributed by atoms with van der Waals surface area (Å²) in [6.45, 7) is 14.3. The van der Waals surface area contributed by atoms with Crippen molar-refractivity contribution in [1.29, 1.82) is 0 Å². The minimum atomic E-state index is 0.777. The molecular weight excluding hydrogens is 208 g/mol. The molecule has 2 nitrogen and oxygen atoms in total. The van der Waals surface area contributed by atoms with Crippen molar-refractivity contribution in [2.24, 2.45) is 11.8 Å². The molecule has 2 heteroatoms. The number of hydrogen-bond acceptors (Lipinski definition) is 2. The molecule has 0 aromatic carbocycles. The van der Waals surface area contributed by atoms with Crippen LogP contribution in [0, 0.1) is 11.8 Å². The topological polar surface area (TPSA) is 15.3 Å². The summed E-state index contributed by atoms with van der Waals surface area (Å²) in [4.78, 5) is 2.62. The van der Waals surface area contributed by atoms with Crippen molar-refractivity contribution >= 4 is 0 Å². The number of likely N-dealkylation sites (tertiary alicyclic amines) is 1. The van der Waals surface area contributed by atoms with Gasteiger partial charge in [-0.1, -0.05) is 40.5 Å². The summed E-state index contributed by atoms with van der Waals surface area (Å²) in [6, 6.07) is 0.777. The van der Waals surface area contributed by atoms with Crippen molar-refractivity contribution in [1.82, 2.24) is 10.2 Å². The van der Waals surface area contributed by atoms with E-state index in [1.165, 1.54) is 51.9 Å². The normalized spacial score (nSPS) is 19.4. The van der Waals surface area contributed by atoms with Gasteiger partial charge >= 0.3 is 0 Å². The summed E-state index contributed by atoms with van der Waals surface area (Å²) >= 11 is 0. The highest BCUT2D eigenvalue weighted by Crippen LogP contribution is 2.13. The van der Waals surface area contributed by atoms with E-state index in [1.54, 1.807) is 0 Å². The lowest BCUT2D eigenvalue weighted by atomic mass is 10.00. The van der Waals surface area contributed by atoms with Crippen LogP contribution in [0.25, 0.3) is 0 Å². The number of nitrogens with zero attached hydrogens (tertiary/aromatic N) is 1. The zero-order valence-electron chi connectivity index (χ0n) is 12.3. The molecule has 0 radical (unpaired) electrons. The SMILES string of the molecule is CCC(CC)CNC1CCN(CC(C)C)CC1. The van der Waals surface area contributed by atoms with Gasteiger partial charge < -0.3 is 10.2 Å². The fourth-order valence-electron chi connectivity index (χ4n) is 2.75. The molecule has 1 rings (SSSR count). The van der Waals surface area contributed by atoms with Crippen molar-refractivity contribution in [3.8, 4) is 0 Å². The van der Waals surface area contributed by atoms with Gasteiger partial charge in [-0.05, 0) is 44.3 Å². The predicted molar refractivity (Wildman–Crippen MR) is 76.4 cm³/mol. The second-order valence-electron chi connectivity index (χ2n) is 6.06. The molecule has 0 aliphatic carbocycles. The average Bonchev–Trinajstić information content (AvgIpc) is 2.32. The van der Waals surface area contributed by atoms with E-state index in [0.29, 0.717) is 0 Å². The highest BCUT2D eigenvalue weighted by Gasteiger charge is 2.19. The first-order chi connectivity index (χ1) is 8.15. The van der Waals surface area contributed by atoms with Crippen LogP contribution in [-0.4, -0.2) is 37.1 Å². The molecule has 0 amide bonds. The van der Waals surface area contributed by atoms with E-state index in [2.05, 4.69) is 37.9 Å². The number of rotatable bonds is 7. The smallest absolute Gasteiger partial charge is 0.00915 e. The number of hydrogen-bond donors (Lipinski definition) is 1. The van der Waals surface area contributed by atoms with Gasteiger partial charge in [0.2, 0.25) is 0 Å². The molecule has 1 aliphatic rings. The van der Waals surface area contributed by atoms with E-state index >= 15 is 0 Å². The minimum Gasteiger partial charge on any atom is -0.314 e. The Morgan fingerprint density at radius 1 is 1.12 bits per heavy atom. The number of nitrogens with one attached hydrogen (secondary N) is 1. The fourth-order valence-corrected chi connectivity index (χ4v) is 2.75. The second kappa shape index (κ2) is 8.10. The Bertz CT molecular complexity index is 179. The standard InChI is InChI=1S/C15H32N2/c1-5-14(6-2)11-16-15-7-9-17(10-8-15)12-13(3)4/h13-16H,5-12H2,1-4H3. The molecule has 1 saturated heterocycles. The van der Waals surface area contributed by atoms with Gasteiger partial charge in [0.1, 0.15) is 0 Å². The van der Waals surface area contributed by atoms with Crippen LogP contribution in [-0.2, 0) is 0 Å². The summed E-state index contributed by atoms with van der Waals surface area (Å²) in [5.41, 5.74) is 0. The molecule has 1 heterocycles. The summed E-state index contributed by atoms with van der Waals surface area (Å²) in [6.07, 6.45) is 5.31. The minimum absolute atomic E-state index is 0.777. The third-order valence-corrected chi connectivity index (χ3v) is 4.06. The lowest BCUT2D eigenvalue weighted by molar-refractivity contribution is 0.177. The highest BCUT2D eigenvalue weighted by atomic mass is 15.1. The number of piperidine rings is 1. The van der Waals surface area contributed by atoms with E-state index in [4.69, 9.17) is 0 Å². The van der Waals surface area contributed by atoms with Crippen LogP contribution in [0.4, 0.5) is 0 Å². The van der Waals surface area contributed by atoms with E-state index < -0.39 is 0 Å². The van der Waals surface area contributed by atoms with Gasteiger partial charge in [0, 0.05) is 12.6 Å². The monoisotopic (exact) mass is 240 g/mol. The first-order valence-corrected chi connectivity index (χ1v) is 7.61. The van der Waals surface area contributed by atoms with Crippen LogP contribution >= 0.6 is 0 Å². The van der Waals surface area contributed by atoms with Crippen molar-refractivity contribution < 1.29 is 0 Å². The van der Waals surface area contributed by atoms with Gasteiger partial charge in [-0.2, -0.15) is 0 Å². The molecule has 0 bridgehead atoms. The maximum atomic E-state index is 3.77. The van der Waals surface area contributed by atoms with Gasteiger partial charge in [0.15, 0.2) is 0 Å². The second-order valence-corrected chi connectivity index (χ2v) is 6.06. The van der Waals surface area contributed by atoms with Crippen LogP contribution in [0.3, 0.4) is 0 Å². The molecule has 0 aromatic heterocycles. The van der Waals surface area contributed by atoms with Gasteiger partial charge in [0.25, 0.3) is 0 Å². The molecule has 0 unspecified atom stereocenters. The first kappa shape index (κ1) is 15.0. The summed E-state index contributed by atoms with van der Waals surface area (Å²) < 4.78 is 0. The lowest BCUT2D eigenvalue weighted by Gasteiger charge is -2.34. The molecule has 0 atom stereocenters. The Morgan fingerprint density at radius 2 is 1.71 bits per heavy atom. The van der Waals surface area contributed by atoms with Crippen LogP contribution in [0.1, 0.15) is 53.4 Å². The molecule has 1 fully saturated rings. The Hall–Kier alpha value is -0.0800. The molecule has 1 N–H and O–H groups in total. The summed E-state index contributed by atoms with van der Waals surface area (Å²) in [5, 5.41) is 3.77. The van der Waals surface area contributed by atoms with Crippen molar-refractivity contribution in [3.63, 3.8) is 0 Å². The van der Waals surface area contributed by atoms with Crippen LogP contribution in [0.15, 0.2) is 0 Å². The van der Waals surface area contributed by atoms with Crippen LogP contribution in [0.2, 0.25) is 0 Å². The first-order valence-electron chi connectivity index (χ1n) is 7.61. The van der Waals surface area contributed by atoms with Gasteiger partial charge in [0.05, 0.1) is 0 Å². The quantitative estimate of drug-likeness (QED) is 0.735. The van der Waals surface area contributed by atoms with E-state index in [9.17, 15) is 0 Å². The third-order valence-electron chi connectivity index (χ3n) is 4.06. The maximum absolute atomic E-state index is 3.77. The van der Waals surface area contributed by atoms with E-state index in [0.717, 1.165) is 17.9 Å². The molecule has 0 spiro atoms. The fraction of sp³-hybridized carbons (Fsp3) is 1.00. The van der Waals surface area contributed by atoms with Crippen molar-refractivity contribution in [2.45, 2.75) is 59.4 Å². The largest absolute Gasteiger partial charge is 0.314 e. The molecule has 0 aromatic rings. The summed E-state index contributed by atoms with van der Waals surface area (Å²) in [5.74, 6) is 1.69. The zero-order valence-corrected chi connectivity index (χ0v) is 12.3.